The van der Waals surface area contributed by atoms with E-state index in [-0.39, 0.29) is 22.6 Å². The van der Waals surface area contributed by atoms with E-state index >= 15 is 8.78 Å². The van der Waals surface area contributed by atoms with E-state index in [4.69, 9.17) is 43.0 Å². The zero-order valence-corrected chi connectivity index (χ0v) is 37.4. The summed E-state index contributed by atoms with van der Waals surface area (Å²) in [5.74, 6) is -2.25. The molecule has 21 nitrogen and oxygen atoms in total. The molecule has 3 aliphatic rings. The van der Waals surface area contributed by atoms with E-state index in [0.29, 0.717) is 34.0 Å². The predicted octanol–water partition coefficient (Wildman–Crippen LogP) is 5.66. The first kappa shape index (κ1) is 45.6. The second-order valence-corrected chi connectivity index (χ2v) is 24.9. The lowest BCUT2D eigenvalue weighted by Gasteiger charge is -2.26. The number of imidazole rings is 2. The molecule has 334 valence electrons. The number of aromatic nitrogens is 8. The molecule has 7 heterocycles. The van der Waals surface area contributed by atoms with Gasteiger partial charge in [-0.3, -0.25) is 32.3 Å². The van der Waals surface area contributed by atoms with Gasteiger partial charge in [0.15, 0.2) is 41.9 Å². The van der Waals surface area contributed by atoms with Crippen molar-refractivity contribution in [3.8, 4) is 0 Å². The van der Waals surface area contributed by atoms with Gasteiger partial charge in [0.05, 0.1) is 42.4 Å². The molecule has 3 aliphatic heterocycles. The third kappa shape index (κ3) is 9.75. The first-order valence-electron chi connectivity index (χ1n) is 18.8. The average molecular weight is 936 g/mol. The van der Waals surface area contributed by atoms with E-state index in [9.17, 15) is 18.7 Å². The molecule has 3 fully saturated rings. The third-order valence-corrected chi connectivity index (χ3v) is 16.7. The maximum Gasteiger partial charge on any atom is 0.392 e. The molecule has 61 heavy (non-hydrogen) atoms. The van der Waals surface area contributed by atoms with Gasteiger partial charge in [-0.05, 0) is 59.8 Å². The summed E-state index contributed by atoms with van der Waals surface area (Å²) < 4.78 is 113. The second kappa shape index (κ2) is 17.6. The number of nitrogen functional groups attached to an aromatic ring is 1. The molecular formula is C34H45F2N9O12P2S2. The Balaban J connectivity index is 1.24. The van der Waals surface area contributed by atoms with Crippen molar-refractivity contribution in [3.63, 3.8) is 0 Å². The smallest absolute Gasteiger partial charge is 0.392 e. The van der Waals surface area contributed by atoms with Gasteiger partial charge in [0.1, 0.15) is 66.3 Å². The van der Waals surface area contributed by atoms with Crippen LogP contribution in [0.1, 0.15) is 59.7 Å². The maximum atomic E-state index is 17.0. The van der Waals surface area contributed by atoms with Crippen LogP contribution in [0.3, 0.4) is 0 Å². The van der Waals surface area contributed by atoms with Gasteiger partial charge in [0.2, 0.25) is 0 Å². The van der Waals surface area contributed by atoms with Crippen molar-refractivity contribution in [2.45, 2.75) is 97.7 Å². The van der Waals surface area contributed by atoms with Gasteiger partial charge >= 0.3 is 18.7 Å². The number of nitrogens with two attached hydrogens (primary N) is 1. The van der Waals surface area contributed by atoms with Gasteiger partial charge in [0.25, 0.3) is 6.57 Å². The van der Waals surface area contributed by atoms with Crippen LogP contribution in [-0.4, -0.2) is 119 Å². The fourth-order valence-electron chi connectivity index (χ4n) is 6.27. The lowest BCUT2D eigenvalue weighted by atomic mass is 9.98. The average Bonchev–Trinajstić information content (AvgIpc) is 3.96. The number of halogens is 2. The summed E-state index contributed by atoms with van der Waals surface area (Å²) in [6.07, 6.45) is -9.17. The van der Waals surface area contributed by atoms with Crippen molar-refractivity contribution in [1.29, 1.82) is 0 Å². The Morgan fingerprint density at radius 1 is 0.787 bits per heavy atom. The number of hydrogen-bond acceptors (Lipinski definition) is 21. The van der Waals surface area contributed by atoms with Crippen molar-refractivity contribution in [2.24, 2.45) is 10.8 Å². The van der Waals surface area contributed by atoms with E-state index < -0.39 is 117 Å². The normalized spacial score (nSPS) is 31.5. The largest absolute Gasteiger partial charge is 0.454 e. The summed E-state index contributed by atoms with van der Waals surface area (Å²) in [6.45, 7) is 1.22. The molecule has 27 heteroatoms. The molecule has 7 rings (SSSR count). The van der Waals surface area contributed by atoms with Crippen molar-refractivity contribution < 1.29 is 64.8 Å². The van der Waals surface area contributed by atoms with Crippen molar-refractivity contribution in [3.05, 3.63) is 31.0 Å². The lowest BCUT2D eigenvalue weighted by Crippen LogP contribution is -2.35. The number of alkyl halides is 2. The SMILES string of the molecule is Cc1ncnc2c1ncn2[C@@H]1O[C@@H]2COP(=O)(SCOC(=O)C(C)(C)C)CO[C@H]3[C@@H](F)[C@H](n4cnc5c(N)ncnc54)O[C@@H]3COP(=O)(SCOC(=O)C(C)(C)C)O[C@H]2[C@H]1F. The molecule has 4 aromatic rings. The highest BCUT2D eigenvalue weighted by molar-refractivity contribution is 8.56. The Hall–Kier alpha value is -3.38. The van der Waals surface area contributed by atoms with E-state index in [0.717, 1.165) is 6.33 Å². The van der Waals surface area contributed by atoms with Crippen LogP contribution in [0.5, 0.6) is 0 Å². The van der Waals surface area contributed by atoms with Gasteiger partial charge in [-0.25, -0.2) is 43.2 Å². The molecule has 10 atom stereocenters. The van der Waals surface area contributed by atoms with Crippen LogP contribution >= 0.6 is 36.1 Å². The summed E-state index contributed by atoms with van der Waals surface area (Å²) in [4.78, 5) is 50.3. The minimum Gasteiger partial charge on any atom is -0.454 e. The molecule has 0 amide bonds. The topological polar surface area (TPSA) is 255 Å². The number of nitrogens with zero attached hydrogens (tertiary/aromatic N) is 8. The molecule has 0 radical (unpaired) electrons. The van der Waals surface area contributed by atoms with Crippen LogP contribution in [-0.2, 0) is 56.0 Å². The Labute approximate surface area is 355 Å². The van der Waals surface area contributed by atoms with Gasteiger partial charge in [-0.1, -0.05) is 0 Å². The first-order chi connectivity index (χ1) is 28.7. The van der Waals surface area contributed by atoms with Gasteiger partial charge in [-0.15, -0.1) is 0 Å². The zero-order valence-electron chi connectivity index (χ0n) is 34.0. The molecule has 3 saturated heterocycles. The molecule has 0 aromatic carbocycles. The molecule has 0 aliphatic carbocycles. The minimum atomic E-state index is -4.66. The fraction of sp³-hybridized carbons (Fsp3) is 0.647. The number of aryl methyl sites for hydroxylation is 1. The highest BCUT2D eigenvalue weighted by Crippen LogP contribution is 2.65. The standard InChI is InChI=1S/C34H45F2N9O12P2S2/c1-17-22-27(40-10-38-17)44(12-42-22)30-21(36)25-19(56-30)8-53-58(48,60-15-51-31(46)33(2,3)4)14-50-24-18(9-54-59(49,57-25)61-16-52-32(47)34(5,6)7)55-29(20(24)35)45-13-43-23-26(37)39-11-41-28(23)45/h10-13,18-21,24-25,29-30H,8-9,14-16H2,1-7H3,(H2,37,39,41)/t18-,19-,20-,21-,24-,25-,29-,30-,58?,59?/m1/s1. The number of carbonyl (C=O) groups is 2. The summed E-state index contributed by atoms with van der Waals surface area (Å²) in [5.41, 5.74) is 5.49. The molecule has 4 aromatic heterocycles. The van der Waals surface area contributed by atoms with Crippen molar-refractivity contribution in [1.82, 2.24) is 39.0 Å². The number of carbonyl (C=O) groups excluding carboxylic acids is 2. The molecule has 2 unspecified atom stereocenters. The highest BCUT2D eigenvalue weighted by atomic mass is 32.7. The van der Waals surface area contributed by atoms with Crippen LogP contribution < -0.4 is 5.73 Å². The third-order valence-electron chi connectivity index (χ3n) is 9.58. The number of ether oxygens (including phenoxy) is 5. The molecule has 0 saturated carbocycles. The Kier molecular flexibility index (Phi) is 13.2. The molecular weight excluding hydrogens is 891 g/mol. The van der Waals surface area contributed by atoms with E-state index in [2.05, 4.69) is 29.9 Å². The van der Waals surface area contributed by atoms with Crippen LogP contribution in [0, 0.1) is 17.8 Å². The number of fused-ring (bicyclic) bond motifs is 4. The van der Waals surface area contributed by atoms with E-state index in [1.165, 1.54) is 28.1 Å². The van der Waals surface area contributed by atoms with Crippen LogP contribution in [0.15, 0.2) is 25.3 Å². The summed E-state index contributed by atoms with van der Waals surface area (Å²) in [5, 5.41) is 0. The van der Waals surface area contributed by atoms with E-state index in [1.54, 1.807) is 48.5 Å². The van der Waals surface area contributed by atoms with Gasteiger partial charge in [0, 0.05) is 11.4 Å². The fourth-order valence-corrected chi connectivity index (χ4v) is 11.8. The Morgan fingerprint density at radius 3 is 1.93 bits per heavy atom. The molecule has 0 spiro atoms. The summed E-state index contributed by atoms with van der Waals surface area (Å²) in [7, 11) is 0. The van der Waals surface area contributed by atoms with Gasteiger partial charge in [-0.2, -0.15) is 0 Å². The van der Waals surface area contributed by atoms with E-state index in [1.807, 2.05) is 0 Å². The molecule has 0 bridgehead atoms. The minimum absolute atomic E-state index is 0.0241. The first-order valence-corrected chi connectivity index (χ1v) is 25.3. The van der Waals surface area contributed by atoms with Crippen molar-refractivity contribution >= 4 is 76.2 Å². The number of rotatable bonds is 8. The highest BCUT2D eigenvalue weighted by Gasteiger charge is 2.54. The monoisotopic (exact) mass is 935 g/mol. The van der Waals surface area contributed by atoms with Gasteiger partial charge < -0.3 is 33.9 Å². The number of anilines is 1. The summed E-state index contributed by atoms with van der Waals surface area (Å²) in [6, 6.07) is 0. The predicted molar refractivity (Wildman–Crippen MR) is 215 cm³/mol. The lowest BCUT2D eigenvalue weighted by molar-refractivity contribution is -0.151. The van der Waals surface area contributed by atoms with Crippen molar-refractivity contribution in [2.75, 3.05) is 37.2 Å². The quantitative estimate of drug-likeness (QED) is 0.127. The Bertz CT molecular complexity index is 2370. The Morgan fingerprint density at radius 2 is 1.31 bits per heavy atom. The maximum absolute atomic E-state index is 17.0. The van der Waals surface area contributed by atoms with Crippen LogP contribution in [0.4, 0.5) is 14.6 Å². The van der Waals surface area contributed by atoms with Crippen LogP contribution in [0.25, 0.3) is 22.3 Å². The second-order valence-electron chi connectivity index (χ2n) is 16.2. The number of hydrogen-bond donors (Lipinski definition) is 1. The zero-order chi connectivity index (χ0) is 44.1. The summed E-state index contributed by atoms with van der Waals surface area (Å²) >= 11 is 1.01. The molecule has 2 N–H and O–H groups in total. The van der Waals surface area contributed by atoms with Crippen LogP contribution in [0.2, 0.25) is 0 Å². The number of esters is 2.